The van der Waals surface area contributed by atoms with Crippen LogP contribution in [0, 0.1) is 30.4 Å². The van der Waals surface area contributed by atoms with Crippen molar-refractivity contribution in [3.05, 3.63) is 63.9 Å². The van der Waals surface area contributed by atoms with E-state index in [0.717, 1.165) is 12.1 Å². The second-order valence-electron chi connectivity index (χ2n) is 12.4. The second kappa shape index (κ2) is 15.1. The average Bonchev–Trinajstić information content (AvgIpc) is 3.27. The Morgan fingerprint density at radius 1 is 0.958 bits per heavy atom. The van der Waals surface area contributed by atoms with E-state index >= 15 is 0 Å². The van der Waals surface area contributed by atoms with Crippen molar-refractivity contribution >= 4 is 23.6 Å². The Morgan fingerprint density at radius 3 is 2.27 bits per heavy atom. The van der Waals surface area contributed by atoms with Crippen molar-refractivity contribution in [1.82, 2.24) is 15.1 Å². The number of hydrogen-bond donors (Lipinski definition) is 6. The van der Waals surface area contributed by atoms with Crippen LogP contribution in [-0.2, 0) is 9.59 Å². The first kappa shape index (κ1) is 36.3. The van der Waals surface area contributed by atoms with Gasteiger partial charge in [-0.3, -0.25) is 19.3 Å². The summed E-state index contributed by atoms with van der Waals surface area (Å²) in [5.41, 5.74) is 0.116. The summed E-state index contributed by atoms with van der Waals surface area (Å²) in [6, 6.07) is 4.37. The van der Waals surface area contributed by atoms with Crippen molar-refractivity contribution in [3.8, 4) is 17.2 Å². The molecule has 1 fully saturated rings. The predicted octanol–water partition coefficient (Wildman–Crippen LogP) is 3.45. The number of carbonyl (C=O) groups is 4. The van der Waals surface area contributed by atoms with Crippen molar-refractivity contribution in [2.45, 2.75) is 65.0 Å². The molecule has 0 aliphatic carbocycles. The molecule has 0 spiro atoms. The van der Waals surface area contributed by atoms with Crippen molar-refractivity contribution < 1.29 is 53.5 Å². The number of fused-ring (bicyclic) bond motifs is 1. The number of ketones is 1. The lowest BCUT2D eigenvalue weighted by molar-refractivity contribution is -0.163. The van der Waals surface area contributed by atoms with Gasteiger partial charge in [0.05, 0.1) is 29.2 Å². The van der Waals surface area contributed by atoms with E-state index < -0.39 is 76.1 Å². The van der Waals surface area contributed by atoms with Crippen LogP contribution in [0.5, 0.6) is 17.2 Å². The van der Waals surface area contributed by atoms with Gasteiger partial charge in [-0.15, -0.1) is 0 Å². The van der Waals surface area contributed by atoms with Crippen molar-refractivity contribution in [2.75, 3.05) is 26.2 Å². The van der Waals surface area contributed by atoms with E-state index in [0.29, 0.717) is 49.9 Å². The van der Waals surface area contributed by atoms with Crippen molar-refractivity contribution in [1.29, 1.82) is 0 Å². The summed E-state index contributed by atoms with van der Waals surface area (Å²) in [6.45, 7) is 5.92. The first-order valence-corrected chi connectivity index (χ1v) is 15.9. The number of β-lactam (4-membered cyclic amide) rings is 1. The lowest BCUT2D eigenvalue weighted by Crippen LogP contribution is -2.63. The van der Waals surface area contributed by atoms with Gasteiger partial charge in [0.25, 0.3) is 5.91 Å². The number of unbranched alkanes of at least 4 members (excludes halogenated alkanes) is 2. The fourth-order valence-corrected chi connectivity index (χ4v) is 6.50. The number of phenols is 3. The molecule has 4 rings (SSSR count). The number of nitrogens with one attached hydrogen (secondary N) is 1. The molecule has 6 N–H and O–H groups in total. The quantitative estimate of drug-likeness (QED) is 0.0667. The molecule has 4 atom stereocenters. The van der Waals surface area contributed by atoms with Crippen LogP contribution in [-0.4, -0.2) is 97.2 Å². The minimum atomic E-state index is -1.26. The minimum Gasteiger partial charge on any atom is -0.505 e. The number of halogens is 2. The molecule has 2 aromatic carbocycles. The summed E-state index contributed by atoms with van der Waals surface area (Å²) in [6.07, 6.45) is 1.04. The number of hydrogen-bond acceptors (Lipinski definition) is 9. The molecule has 260 valence electrons. The normalized spacial score (nSPS) is 19.4. The minimum absolute atomic E-state index is 0.0552. The Bertz CT molecular complexity index is 1630. The van der Waals surface area contributed by atoms with Gasteiger partial charge in [0.1, 0.15) is 5.70 Å². The third kappa shape index (κ3) is 7.29. The average molecular weight is 674 g/mol. The van der Waals surface area contributed by atoms with Gasteiger partial charge in [-0.2, -0.15) is 0 Å². The molecule has 0 saturated carbocycles. The van der Waals surface area contributed by atoms with Crippen LogP contribution in [0.2, 0.25) is 0 Å². The molecule has 0 radical (unpaired) electrons. The maximum Gasteiger partial charge on any atom is 0.352 e. The van der Waals surface area contributed by atoms with E-state index in [1.807, 2.05) is 11.8 Å². The van der Waals surface area contributed by atoms with Gasteiger partial charge in [0.15, 0.2) is 34.7 Å². The predicted molar refractivity (Wildman–Crippen MR) is 168 cm³/mol. The number of carboxylic acids is 1. The summed E-state index contributed by atoms with van der Waals surface area (Å²) in [5.74, 6) is -8.50. The first-order chi connectivity index (χ1) is 22.7. The molecule has 2 heterocycles. The first-order valence-electron chi connectivity index (χ1n) is 15.9. The highest BCUT2D eigenvalue weighted by atomic mass is 19.1. The number of Topliss-reactive ketones (excluding diaryl/α,β-unsaturated/α-hetero) is 1. The third-order valence-electron chi connectivity index (χ3n) is 9.18. The summed E-state index contributed by atoms with van der Waals surface area (Å²) in [4.78, 5) is 53.4. The molecule has 2 aliphatic heterocycles. The maximum absolute atomic E-state index is 14.4. The fourth-order valence-electron chi connectivity index (χ4n) is 6.50. The maximum atomic E-state index is 14.4. The zero-order valence-electron chi connectivity index (χ0n) is 27.0. The summed E-state index contributed by atoms with van der Waals surface area (Å²) < 4.78 is 28.6. The Kier molecular flexibility index (Phi) is 11.4. The van der Waals surface area contributed by atoms with Crippen LogP contribution in [0.1, 0.15) is 72.2 Å². The number of carboxylic acid groups (broad SMARTS) is 1. The number of rotatable bonds is 16. The number of aliphatic hydroxyl groups excluding tert-OH is 1. The Labute approximate surface area is 276 Å². The number of phenolic OH excluding ortho intramolecular Hbond substituents is 3. The van der Waals surface area contributed by atoms with E-state index in [-0.39, 0.29) is 36.7 Å². The SMILES string of the molecule is Cc1ccc(C(=O)CCCCCN(CCCNC(=O)c2ccc(O)c(O)c2F)CC2=C(C(=O)O)N3C(=O)[C@H]([C@@H](C)O)[C@H]3[C@H]2C)c(F)c1O. The molecule has 2 amide bonds. The lowest BCUT2D eigenvalue weighted by atomic mass is 9.77. The number of aryl methyl sites for hydroxylation is 1. The number of aliphatic hydroxyl groups is 1. The van der Waals surface area contributed by atoms with Gasteiger partial charge < -0.3 is 35.7 Å². The Balaban J connectivity index is 1.40. The zero-order valence-corrected chi connectivity index (χ0v) is 27.0. The van der Waals surface area contributed by atoms with E-state index in [1.165, 1.54) is 30.9 Å². The summed E-state index contributed by atoms with van der Waals surface area (Å²) >= 11 is 0. The second-order valence-corrected chi connectivity index (χ2v) is 12.4. The van der Waals surface area contributed by atoms with Crippen LogP contribution in [0.3, 0.4) is 0 Å². The standard InChI is InChI=1S/C34H41F2N3O9/c1-17-9-10-20(26(35)30(17)43)23(41)8-5-4-6-14-38(15-7-13-37-32(45)21-11-12-24(42)31(44)27(21)36)16-22-18(2)28-25(19(3)40)33(46)39(28)29(22)34(47)48/h9-12,18-19,25,28,40,42-44H,4-8,13-16H2,1-3H3,(H,37,45)(H,47,48)/t18-,19+,25+,28+/m0/s1. The number of amides is 2. The fraction of sp³-hybridized carbons (Fsp3) is 0.471. The van der Waals surface area contributed by atoms with Crippen LogP contribution in [0.15, 0.2) is 35.5 Å². The molecular weight excluding hydrogens is 632 g/mol. The van der Waals surface area contributed by atoms with Crippen LogP contribution in [0.25, 0.3) is 0 Å². The molecule has 14 heteroatoms. The van der Waals surface area contributed by atoms with Crippen molar-refractivity contribution in [2.24, 2.45) is 11.8 Å². The van der Waals surface area contributed by atoms with Gasteiger partial charge in [0.2, 0.25) is 5.91 Å². The van der Waals surface area contributed by atoms with E-state index in [9.17, 15) is 53.5 Å². The highest BCUT2D eigenvalue weighted by Crippen LogP contribution is 2.47. The molecule has 12 nitrogen and oxygen atoms in total. The smallest absolute Gasteiger partial charge is 0.352 e. The molecule has 48 heavy (non-hydrogen) atoms. The van der Waals surface area contributed by atoms with E-state index in [4.69, 9.17) is 0 Å². The molecule has 1 saturated heterocycles. The number of benzene rings is 2. The lowest BCUT2D eigenvalue weighted by Gasteiger charge is -2.46. The molecule has 0 unspecified atom stereocenters. The van der Waals surface area contributed by atoms with E-state index in [1.54, 1.807) is 0 Å². The molecule has 2 aromatic rings. The molecule has 0 aromatic heterocycles. The van der Waals surface area contributed by atoms with Gasteiger partial charge >= 0.3 is 5.97 Å². The van der Waals surface area contributed by atoms with Gasteiger partial charge in [-0.05, 0) is 69.0 Å². The third-order valence-corrected chi connectivity index (χ3v) is 9.18. The van der Waals surface area contributed by atoms with Gasteiger partial charge in [-0.25, -0.2) is 13.6 Å². The number of aromatic hydroxyl groups is 3. The Morgan fingerprint density at radius 2 is 1.60 bits per heavy atom. The summed E-state index contributed by atoms with van der Waals surface area (Å²) in [7, 11) is 0. The molecular formula is C34H41F2N3O9. The van der Waals surface area contributed by atoms with E-state index in [2.05, 4.69) is 5.32 Å². The van der Waals surface area contributed by atoms with Gasteiger partial charge in [0, 0.05) is 32.0 Å². The topological polar surface area (TPSA) is 188 Å². The van der Waals surface area contributed by atoms with Crippen LogP contribution in [0.4, 0.5) is 8.78 Å². The van der Waals surface area contributed by atoms with Crippen molar-refractivity contribution in [3.63, 3.8) is 0 Å². The van der Waals surface area contributed by atoms with Crippen LogP contribution < -0.4 is 5.32 Å². The summed E-state index contributed by atoms with van der Waals surface area (Å²) in [5, 5.41) is 51.7. The Hall–Kier alpha value is -4.56. The highest BCUT2D eigenvalue weighted by molar-refractivity contribution is 6.00. The number of nitrogens with zero attached hydrogens (tertiary/aromatic N) is 2. The monoisotopic (exact) mass is 673 g/mol. The highest BCUT2D eigenvalue weighted by Gasteiger charge is 2.59. The number of carbonyl (C=O) groups excluding carboxylic acids is 3. The van der Waals surface area contributed by atoms with Gasteiger partial charge in [-0.1, -0.05) is 19.4 Å². The molecule has 2 aliphatic rings. The number of aliphatic carboxylic acids is 1. The zero-order chi connectivity index (χ0) is 35.4. The van der Waals surface area contributed by atoms with Crippen LogP contribution >= 0.6 is 0 Å². The largest absolute Gasteiger partial charge is 0.505 e. The molecule has 0 bridgehead atoms.